The van der Waals surface area contributed by atoms with E-state index in [1.54, 1.807) is 0 Å². The Morgan fingerprint density at radius 3 is 2.39 bits per heavy atom. The van der Waals surface area contributed by atoms with Crippen molar-refractivity contribution in [2.75, 3.05) is 5.32 Å². The Bertz CT molecular complexity index is 958. The van der Waals surface area contributed by atoms with Gasteiger partial charge in [-0.3, -0.25) is 4.79 Å². The second-order valence-corrected chi connectivity index (χ2v) is 10.3. The summed E-state index contributed by atoms with van der Waals surface area (Å²) in [6.07, 6.45) is 0. The van der Waals surface area contributed by atoms with Gasteiger partial charge in [-0.1, -0.05) is 86.3 Å². The Hall–Kier alpha value is -2.18. The van der Waals surface area contributed by atoms with Gasteiger partial charge in [0.2, 0.25) is 5.13 Å². The third-order valence-corrected chi connectivity index (χ3v) is 6.50. The lowest BCUT2D eigenvalue weighted by molar-refractivity contribution is 0.0994. The number of aryl methyl sites for hydroxylation is 1. The highest BCUT2D eigenvalue weighted by Gasteiger charge is 2.20. The molecule has 0 aliphatic rings. The fraction of sp³-hybridized carbons (Fsp3) is 0.318. The number of Topliss-reactive ketones (excluding diaryl/α,β-unsaturated/α-hetero) is 1. The van der Waals surface area contributed by atoms with Crippen molar-refractivity contribution in [1.82, 2.24) is 10.2 Å². The largest absolute Gasteiger partial charge is 0.330 e. The van der Waals surface area contributed by atoms with E-state index >= 15 is 0 Å². The van der Waals surface area contributed by atoms with Gasteiger partial charge in [-0.2, -0.15) is 0 Å². The fourth-order valence-corrected chi connectivity index (χ4v) is 4.70. The Morgan fingerprint density at radius 2 is 1.75 bits per heavy atom. The number of ketones is 1. The summed E-state index contributed by atoms with van der Waals surface area (Å²) in [5, 5.41) is 12.2. The average Bonchev–Trinajstić information content (AvgIpc) is 3.09. The van der Waals surface area contributed by atoms with Crippen molar-refractivity contribution in [1.29, 1.82) is 0 Å². The number of carbonyl (C=O) groups is 1. The Labute approximate surface area is 174 Å². The van der Waals surface area contributed by atoms with Gasteiger partial charge < -0.3 is 5.32 Å². The summed E-state index contributed by atoms with van der Waals surface area (Å²) in [5.74, 6) is 0.106. The molecule has 2 aromatic carbocycles. The molecule has 0 saturated carbocycles. The molecule has 0 aliphatic heterocycles. The first-order chi connectivity index (χ1) is 13.2. The number of hydrogen-bond acceptors (Lipinski definition) is 6. The topological polar surface area (TPSA) is 54.9 Å². The molecule has 0 aliphatic carbocycles. The first kappa shape index (κ1) is 20.6. The summed E-state index contributed by atoms with van der Waals surface area (Å²) in [4.78, 5) is 12.8. The second kappa shape index (κ2) is 8.45. The quantitative estimate of drug-likeness (QED) is 0.384. The lowest BCUT2D eigenvalue weighted by Crippen LogP contribution is -2.15. The highest BCUT2D eigenvalue weighted by Crippen LogP contribution is 2.32. The Kier molecular flexibility index (Phi) is 6.20. The van der Waals surface area contributed by atoms with Crippen LogP contribution in [-0.2, 0) is 5.41 Å². The molecular formula is C22H25N3OS2. The van der Waals surface area contributed by atoms with Crippen LogP contribution in [0.4, 0.5) is 10.8 Å². The fourth-order valence-electron chi connectivity index (χ4n) is 2.71. The molecule has 1 aromatic heterocycles. The van der Waals surface area contributed by atoms with Crippen LogP contribution < -0.4 is 5.32 Å². The van der Waals surface area contributed by atoms with Gasteiger partial charge in [0.05, 0.1) is 5.25 Å². The molecular weight excluding hydrogens is 386 g/mol. The maximum absolute atomic E-state index is 12.8. The van der Waals surface area contributed by atoms with Crippen LogP contribution in [-0.4, -0.2) is 21.2 Å². The third kappa shape index (κ3) is 5.00. The number of para-hydroxylation sites is 1. The van der Waals surface area contributed by atoms with Crippen molar-refractivity contribution >= 4 is 39.7 Å². The molecule has 1 atom stereocenters. The number of nitrogens with one attached hydrogen (secondary N) is 1. The number of benzene rings is 2. The maximum Gasteiger partial charge on any atom is 0.210 e. The minimum atomic E-state index is -0.222. The predicted octanol–water partition coefficient (Wildman–Crippen LogP) is 6.25. The van der Waals surface area contributed by atoms with E-state index in [2.05, 4.69) is 36.3 Å². The van der Waals surface area contributed by atoms with Crippen molar-refractivity contribution < 1.29 is 4.79 Å². The monoisotopic (exact) mass is 411 g/mol. The summed E-state index contributed by atoms with van der Waals surface area (Å²) in [5.41, 5.74) is 4.19. The molecule has 1 N–H and O–H groups in total. The maximum atomic E-state index is 12.8. The van der Waals surface area contributed by atoms with Crippen LogP contribution in [0.25, 0.3) is 0 Å². The minimum Gasteiger partial charge on any atom is -0.330 e. The number of rotatable bonds is 6. The normalized spacial score (nSPS) is 12.6. The lowest BCUT2D eigenvalue weighted by atomic mass is 9.86. The van der Waals surface area contributed by atoms with Crippen LogP contribution in [0.5, 0.6) is 0 Å². The number of hydrogen-bond donors (Lipinski definition) is 1. The van der Waals surface area contributed by atoms with E-state index in [-0.39, 0.29) is 16.4 Å². The van der Waals surface area contributed by atoms with E-state index in [1.165, 1.54) is 28.7 Å². The van der Waals surface area contributed by atoms with E-state index in [1.807, 2.05) is 62.4 Å². The van der Waals surface area contributed by atoms with Crippen LogP contribution >= 0.6 is 23.1 Å². The molecule has 0 unspecified atom stereocenters. The van der Waals surface area contributed by atoms with Gasteiger partial charge >= 0.3 is 0 Å². The standard InChI is InChI=1S/C22H25N3OS2/c1-14-8-6-7-9-18(14)23-20-24-25-21(28-20)27-15(2)19(26)16-10-12-17(13-11-16)22(3,4)5/h6-13,15H,1-5H3,(H,23,24)/t15-/m1/s1. The van der Waals surface area contributed by atoms with Gasteiger partial charge in [-0.15, -0.1) is 10.2 Å². The van der Waals surface area contributed by atoms with Crippen molar-refractivity contribution in [3.8, 4) is 0 Å². The van der Waals surface area contributed by atoms with Gasteiger partial charge in [-0.05, 0) is 36.5 Å². The van der Waals surface area contributed by atoms with Crippen LogP contribution in [0, 0.1) is 6.92 Å². The zero-order chi connectivity index (χ0) is 20.3. The molecule has 0 bridgehead atoms. The van der Waals surface area contributed by atoms with Crippen LogP contribution in [0.1, 0.15) is 49.2 Å². The highest BCUT2D eigenvalue weighted by atomic mass is 32.2. The SMILES string of the molecule is Cc1ccccc1Nc1nnc(S[C@H](C)C(=O)c2ccc(C(C)(C)C)cc2)s1. The van der Waals surface area contributed by atoms with Gasteiger partial charge in [0.15, 0.2) is 10.1 Å². The summed E-state index contributed by atoms with van der Waals surface area (Å²) in [6, 6.07) is 16.0. The van der Waals surface area contributed by atoms with Crippen LogP contribution in [0.15, 0.2) is 52.9 Å². The van der Waals surface area contributed by atoms with Crippen LogP contribution in [0.3, 0.4) is 0 Å². The zero-order valence-corrected chi connectivity index (χ0v) is 18.4. The molecule has 1 heterocycles. The van der Waals surface area contributed by atoms with Crippen molar-refractivity contribution in [2.24, 2.45) is 0 Å². The number of aromatic nitrogens is 2. The number of thioether (sulfide) groups is 1. The summed E-state index contributed by atoms with van der Waals surface area (Å²) >= 11 is 2.91. The number of nitrogens with zero attached hydrogens (tertiary/aromatic N) is 2. The van der Waals surface area contributed by atoms with Crippen molar-refractivity contribution in [2.45, 2.75) is 49.6 Å². The van der Waals surface area contributed by atoms with E-state index in [0.717, 1.165) is 26.3 Å². The smallest absolute Gasteiger partial charge is 0.210 e. The molecule has 6 heteroatoms. The molecule has 0 saturated heterocycles. The molecule has 4 nitrogen and oxygen atoms in total. The van der Waals surface area contributed by atoms with E-state index in [0.29, 0.717) is 0 Å². The Balaban J connectivity index is 1.64. The third-order valence-electron chi connectivity index (χ3n) is 4.48. The molecule has 28 heavy (non-hydrogen) atoms. The number of carbonyl (C=O) groups excluding carboxylic acids is 1. The molecule has 3 rings (SSSR count). The van der Waals surface area contributed by atoms with Crippen molar-refractivity contribution in [3.05, 3.63) is 65.2 Å². The highest BCUT2D eigenvalue weighted by molar-refractivity contribution is 8.02. The molecule has 3 aromatic rings. The van der Waals surface area contributed by atoms with E-state index in [9.17, 15) is 4.79 Å². The zero-order valence-electron chi connectivity index (χ0n) is 16.8. The second-order valence-electron chi connectivity index (χ2n) is 7.76. The summed E-state index contributed by atoms with van der Waals surface area (Å²) in [7, 11) is 0. The molecule has 0 radical (unpaired) electrons. The van der Waals surface area contributed by atoms with Gasteiger partial charge in [0.25, 0.3) is 0 Å². The number of anilines is 2. The first-order valence-electron chi connectivity index (χ1n) is 9.21. The predicted molar refractivity (Wildman–Crippen MR) is 119 cm³/mol. The first-order valence-corrected chi connectivity index (χ1v) is 10.9. The molecule has 146 valence electrons. The van der Waals surface area contributed by atoms with Crippen molar-refractivity contribution in [3.63, 3.8) is 0 Å². The molecule has 0 amide bonds. The van der Waals surface area contributed by atoms with Gasteiger partial charge in [0, 0.05) is 11.3 Å². The average molecular weight is 412 g/mol. The molecule has 0 fully saturated rings. The van der Waals surface area contributed by atoms with E-state index < -0.39 is 0 Å². The Morgan fingerprint density at radius 1 is 1.07 bits per heavy atom. The minimum absolute atomic E-state index is 0.0784. The van der Waals surface area contributed by atoms with Crippen LogP contribution in [0.2, 0.25) is 0 Å². The van der Waals surface area contributed by atoms with E-state index in [4.69, 9.17) is 0 Å². The molecule has 0 spiro atoms. The lowest BCUT2D eigenvalue weighted by Gasteiger charge is -2.19. The van der Waals surface area contributed by atoms with Gasteiger partial charge in [-0.25, -0.2) is 0 Å². The van der Waals surface area contributed by atoms with Gasteiger partial charge in [0.1, 0.15) is 0 Å². The summed E-state index contributed by atoms with van der Waals surface area (Å²) < 4.78 is 0.781. The summed E-state index contributed by atoms with van der Waals surface area (Å²) in [6.45, 7) is 10.5.